The van der Waals surface area contributed by atoms with Crippen molar-refractivity contribution in [2.75, 3.05) is 13.2 Å². The molecule has 1 spiro atoms. The Morgan fingerprint density at radius 1 is 1.00 bits per heavy atom. The lowest BCUT2D eigenvalue weighted by molar-refractivity contribution is 0.150. The highest BCUT2D eigenvalue weighted by Gasteiger charge is 2.47. The summed E-state index contributed by atoms with van der Waals surface area (Å²) in [5, 5.41) is 10.2. The van der Waals surface area contributed by atoms with E-state index in [0.717, 1.165) is 47.6 Å². The first-order valence-corrected chi connectivity index (χ1v) is 7.22. The number of benzene rings is 1. The number of halogens is 1. The monoisotopic (exact) mass is 310 g/mol. The van der Waals surface area contributed by atoms with E-state index >= 15 is 0 Å². The molecule has 0 amide bonds. The molecule has 4 heteroatoms. The molecule has 2 aliphatic carbocycles. The fourth-order valence-electron chi connectivity index (χ4n) is 2.47. The number of fused-ring (bicyclic) bond motifs is 1. The van der Waals surface area contributed by atoms with Crippen LogP contribution in [0.4, 0.5) is 0 Å². The fourth-order valence-corrected chi connectivity index (χ4v) is 3.17. The molecule has 3 nitrogen and oxygen atoms in total. The van der Waals surface area contributed by atoms with Crippen LogP contribution in [-0.2, 0) is 5.60 Å². The van der Waals surface area contributed by atoms with Crippen LogP contribution in [0.1, 0.15) is 31.2 Å². The number of aliphatic hydroxyl groups is 1. The van der Waals surface area contributed by atoms with Crippen molar-refractivity contribution in [3.8, 4) is 11.5 Å². The topological polar surface area (TPSA) is 38.7 Å². The molecule has 96 valence electrons. The average molecular weight is 311 g/mol. The van der Waals surface area contributed by atoms with Gasteiger partial charge in [0.25, 0.3) is 0 Å². The molecule has 1 aliphatic heterocycles. The van der Waals surface area contributed by atoms with E-state index in [-0.39, 0.29) is 5.41 Å². The first kappa shape index (κ1) is 11.1. The summed E-state index contributed by atoms with van der Waals surface area (Å²) < 4.78 is 12.7. The van der Waals surface area contributed by atoms with E-state index in [1.807, 2.05) is 12.1 Å². The highest BCUT2D eigenvalue weighted by Crippen LogP contribution is 2.53. The molecule has 0 radical (unpaired) electrons. The minimum atomic E-state index is -0.652. The summed E-state index contributed by atoms with van der Waals surface area (Å²) in [6.07, 6.45) is 4.04. The average Bonchev–Trinajstić information content (AvgIpc) is 3.24. The molecule has 0 unspecified atom stereocenters. The van der Waals surface area contributed by atoms with Gasteiger partial charge in [-0.05, 0) is 37.8 Å². The molecule has 0 saturated heterocycles. The molecular formula is C14H15BrO3. The number of hydrogen-bond acceptors (Lipinski definition) is 3. The maximum Gasteiger partial charge on any atom is 0.162 e. The molecule has 1 aromatic rings. The third-order valence-corrected chi connectivity index (χ3v) is 4.94. The van der Waals surface area contributed by atoms with E-state index in [9.17, 15) is 5.11 Å². The Kier molecular flexibility index (Phi) is 2.11. The molecule has 2 saturated carbocycles. The third kappa shape index (κ3) is 1.66. The molecule has 1 N–H and O–H groups in total. The predicted molar refractivity (Wildman–Crippen MR) is 69.9 cm³/mol. The van der Waals surface area contributed by atoms with E-state index in [1.165, 1.54) is 12.8 Å². The van der Waals surface area contributed by atoms with Crippen LogP contribution in [0, 0.1) is 5.41 Å². The molecular weight excluding hydrogens is 296 g/mol. The van der Waals surface area contributed by atoms with Crippen molar-refractivity contribution in [2.24, 2.45) is 5.41 Å². The second-order valence-corrected chi connectivity index (χ2v) is 6.74. The van der Waals surface area contributed by atoms with Crippen molar-refractivity contribution in [1.82, 2.24) is 0 Å². The van der Waals surface area contributed by atoms with Crippen molar-refractivity contribution in [3.05, 3.63) is 22.2 Å². The van der Waals surface area contributed by atoms with E-state index in [2.05, 4.69) is 15.9 Å². The molecule has 2 fully saturated rings. The van der Waals surface area contributed by atoms with Gasteiger partial charge in [-0.25, -0.2) is 0 Å². The van der Waals surface area contributed by atoms with Gasteiger partial charge >= 0.3 is 0 Å². The Labute approximate surface area is 114 Å². The molecule has 0 bridgehead atoms. The van der Waals surface area contributed by atoms with Crippen LogP contribution in [0.3, 0.4) is 0 Å². The third-order valence-electron chi connectivity index (χ3n) is 4.28. The van der Waals surface area contributed by atoms with Gasteiger partial charge in [0.1, 0.15) is 0 Å². The van der Waals surface area contributed by atoms with Gasteiger partial charge < -0.3 is 14.6 Å². The Morgan fingerprint density at radius 3 is 2.17 bits per heavy atom. The quantitative estimate of drug-likeness (QED) is 0.866. The van der Waals surface area contributed by atoms with E-state index in [1.54, 1.807) is 0 Å². The predicted octanol–water partition coefficient (Wildman–Crippen LogP) is 2.98. The summed E-state index contributed by atoms with van der Waals surface area (Å²) in [6.45, 7) is 1.48. The van der Waals surface area contributed by atoms with Gasteiger partial charge in [0.2, 0.25) is 0 Å². The Balaban J connectivity index is 1.73. The zero-order valence-electron chi connectivity index (χ0n) is 10.0. The highest BCUT2D eigenvalue weighted by atomic mass is 79.9. The van der Waals surface area contributed by atoms with Crippen LogP contribution in [0.5, 0.6) is 11.5 Å². The minimum Gasteiger partial charge on any atom is -0.489 e. The van der Waals surface area contributed by atoms with Crippen molar-refractivity contribution < 1.29 is 14.6 Å². The second-order valence-electron chi connectivity index (χ2n) is 5.89. The van der Waals surface area contributed by atoms with E-state index in [0.29, 0.717) is 0 Å². The summed E-state index contributed by atoms with van der Waals surface area (Å²) in [5.41, 5.74) is 0.528. The van der Waals surface area contributed by atoms with Crippen LogP contribution < -0.4 is 9.47 Å². The van der Waals surface area contributed by atoms with Gasteiger partial charge in [0.05, 0.1) is 18.8 Å². The maximum atomic E-state index is 10.2. The number of rotatable bonds is 1. The Morgan fingerprint density at radius 2 is 1.61 bits per heavy atom. The van der Waals surface area contributed by atoms with Crippen molar-refractivity contribution in [3.63, 3.8) is 0 Å². The lowest BCUT2D eigenvalue weighted by Gasteiger charge is -2.15. The standard InChI is InChI=1S/C14H15BrO3/c15-10-6-12-11(5-9(10)14(16)3-4-14)17-7-13(1-2-13)8-18-12/h5-6,16H,1-4,7-8H2. The van der Waals surface area contributed by atoms with Crippen molar-refractivity contribution in [1.29, 1.82) is 0 Å². The molecule has 0 aromatic heterocycles. The van der Waals surface area contributed by atoms with Gasteiger partial charge in [-0.2, -0.15) is 0 Å². The van der Waals surface area contributed by atoms with Gasteiger partial charge in [-0.15, -0.1) is 0 Å². The Bertz CT molecular complexity index is 518. The van der Waals surface area contributed by atoms with Crippen LogP contribution in [0.2, 0.25) is 0 Å². The van der Waals surface area contributed by atoms with Crippen LogP contribution in [0.15, 0.2) is 16.6 Å². The second kappa shape index (κ2) is 3.42. The maximum absolute atomic E-state index is 10.2. The summed E-state index contributed by atoms with van der Waals surface area (Å²) >= 11 is 3.53. The first-order valence-electron chi connectivity index (χ1n) is 6.42. The van der Waals surface area contributed by atoms with Crippen molar-refractivity contribution in [2.45, 2.75) is 31.3 Å². The van der Waals surface area contributed by atoms with Gasteiger partial charge in [0.15, 0.2) is 11.5 Å². The van der Waals surface area contributed by atoms with Gasteiger partial charge in [-0.1, -0.05) is 15.9 Å². The highest BCUT2D eigenvalue weighted by molar-refractivity contribution is 9.10. The summed E-state index contributed by atoms with van der Waals surface area (Å²) in [5.74, 6) is 1.57. The SMILES string of the molecule is OC1(c2cc3c(cc2Br)OCC2(CC2)CO3)CC1. The van der Waals surface area contributed by atoms with Crippen molar-refractivity contribution >= 4 is 15.9 Å². The minimum absolute atomic E-state index is 0.252. The molecule has 1 heterocycles. The molecule has 4 rings (SSSR count). The fraction of sp³-hybridized carbons (Fsp3) is 0.571. The molecule has 3 aliphatic rings. The number of ether oxygens (including phenoxy) is 2. The van der Waals surface area contributed by atoms with Crippen LogP contribution >= 0.6 is 15.9 Å². The summed E-state index contributed by atoms with van der Waals surface area (Å²) in [6, 6.07) is 3.87. The normalized spacial score (nSPS) is 25.7. The molecule has 0 atom stereocenters. The largest absolute Gasteiger partial charge is 0.489 e. The van der Waals surface area contributed by atoms with Gasteiger partial charge in [0, 0.05) is 15.5 Å². The zero-order valence-corrected chi connectivity index (χ0v) is 11.6. The van der Waals surface area contributed by atoms with Crippen LogP contribution in [-0.4, -0.2) is 18.3 Å². The van der Waals surface area contributed by atoms with E-state index < -0.39 is 5.60 Å². The molecule has 1 aromatic carbocycles. The lowest BCUT2D eigenvalue weighted by Crippen LogP contribution is -2.17. The summed E-state index contributed by atoms with van der Waals surface area (Å²) in [4.78, 5) is 0. The number of hydrogen-bond donors (Lipinski definition) is 1. The van der Waals surface area contributed by atoms with E-state index in [4.69, 9.17) is 9.47 Å². The van der Waals surface area contributed by atoms with Gasteiger partial charge in [-0.3, -0.25) is 0 Å². The van der Waals surface area contributed by atoms with Crippen LogP contribution in [0.25, 0.3) is 0 Å². The zero-order chi connectivity index (χ0) is 12.4. The first-order chi connectivity index (χ1) is 8.60. The smallest absolute Gasteiger partial charge is 0.162 e. The Hall–Kier alpha value is -0.740. The summed E-state index contributed by atoms with van der Waals surface area (Å²) in [7, 11) is 0. The lowest BCUT2D eigenvalue weighted by atomic mass is 10.1. The molecule has 18 heavy (non-hydrogen) atoms.